The van der Waals surface area contributed by atoms with E-state index in [4.69, 9.17) is 0 Å². The maximum absolute atomic E-state index is 14.5. The number of carbonyl (C=O) groups is 1. The Labute approximate surface area is 176 Å². The fourth-order valence-electron chi connectivity index (χ4n) is 3.27. The Hall–Kier alpha value is -4.33. The number of hydrogen-bond acceptors (Lipinski definition) is 5. The molecule has 0 atom stereocenters. The van der Waals surface area contributed by atoms with Crippen LogP contribution in [0.2, 0.25) is 0 Å². The minimum absolute atomic E-state index is 0.0605. The second kappa shape index (κ2) is 8.58. The summed E-state index contributed by atoms with van der Waals surface area (Å²) in [6.07, 6.45) is 0. The summed E-state index contributed by atoms with van der Waals surface area (Å²) in [5.74, 6) is -1.58. The van der Waals surface area contributed by atoms with Gasteiger partial charge in [0.05, 0.1) is 4.92 Å². The van der Waals surface area contributed by atoms with Gasteiger partial charge in [-0.25, -0.2) is 9.37 Å². The molecule has 0 saturated heterocycles. The van der Waals surface area contributed by atoms with Crippen molar-refractivity contribution in [3.8, 4) is 0 Å². The molecule has 31 heavy (non-hydrogen) atoms. The van der Waals surface area contributed by atoms with Crippen LogP contribution in [0.5, 0.6) is 0 Å². The molecular formula is C23H17FN4O3. The highest BCUT2D eigenvalue weighted by atomic mass is 19.1. The van der Waals surface area contributed by atoms with Gasteiger partial charge in [-0.1, -0.05) is 60.7 Å². The number of rotatable bonds is 6. The minimum Gasteiger partial charge on any atom is -0.360 e. The summed E-state index contributed by atoms with van der Waals surface area (Å²) in [6.45, 7) is 0.217. The Kier molecular flexibility index (Phi) is 5.53. The molecule has 154 valence electrons. The number of hydrogen-bond donors (Lipinski definition) is 2. The molecule has 0 spiro atoms. The van der Waals surface area contributed by atoms with E-state index >= 15 is 0 Å². The lowest BCUT2D eigenvalue weighted by atomic mass is 10.0. The first-order valence-electron chi connectivity index (χ1n) is 9.45. The van der Waals surface area contributed by atoms with Crippen molar-refractivity contribution in [2.45, 2.75) is 6.54 Å². The van der Waals surface area contributed by atoms with Crippen LogP contribution in [0.3, 0.4) is 0 Å². The summed E-state index contributed by atoms with van der Waals surface area (Å²) in [4.78, 5) is 28.6. The summed E-state index contributed by atoms with van der Waals surface area (Å²) in [6, 6.07) is 21.7. The zero-order valence-electron chi connectivity index (χ0n) is 16.2. The van der Waals surface area contributed by atoms with Gasteiger partial charge in [-0.05, 0) is 23.8 Å². The average Bonchev–Trinajstić information content (AvgIpc) is 2.78. The van der Waals surface area contributed by atoms with Crippen molar-refractivity contribution < 1.29 is 14.1 Å². The lowest BCUT2D eigenvalue weighted by Crippen LogP contribution is -2.17. The Morgan fingerprint density at radius 2 is 1.65 bits per heavy atom. The Morgan fingerprint density at radius 3 is 2.32 bits per heavy atom. The molecule has 7 nitrogen and oxygen atoms in total. The molecule has 0 radical (unpaired) electrons. The van der Waals surface area contributed by atoms with E-state index in [9.17, 15) is 19.3 Å². The van der Waals surface area contributed by atoms with Crippen LogP contribution in [0, 0.1) is 15.9 Å². The van der Waals surface area contributed by atoms with Gasteiger partial charge in [0.15, 0.2) is 0 Å². The zero-order valence-corrected chi connectivity index (χ0v) is 16.2. The summed E-state index contributed by atoms with van der Waals surface area (Å²) in [5, 5.41) is 17.6. The Balaban J connectivity index is 1.85. The molecule has 0 bridgehead atoms. The van der Waals surface area contributed by atoms with Crippen LogP contribution in [0.1, 0.15) is 15.9 Å². The van der Waals surface area contributed by atoms with Crippen molar-refractivity contribution in [1.82, 2.24) is 4.98 Å². The molecule has 3 aromatic carbocycles. The first-order valence-corrected chi connectivity index (χ1v) is 9.45. The molecule has 1 aromatic heterocycles. The highest BCUT2D eigenvalue weighted by molar-refractivity contribution is 6.16. The van der Waals surface area contributed by atoms with E-state index in [1.54, 1.807) is 30.3 Å². The summed E-state index contributed by atoms with van der Waals surface area (Å²) in [7, 11) is 0. The number of fused-ring (bicyclic) bond motifs is 1. The standard InChI is InChI=1S/C23H17FN4O3/c24-18-13-7-12-17-19(23(29)26-16-10-5-2-6-11-16)21(28(30)31)22(27-20(17)18)25-14-15-8-3-1-4-9-15/h1-13H,14H2,(H,25,27)(H,26,29). The molecule has 8 heteroatoms. The Morgan fingerprint density at radius 1 is 0.968 bits per heavy atom. The molecular weight excluding hydrogens is 399 g/mol. The molecule has 0 saturated carbocycles. The van der Waals surface area contributed by atoms with Crippen molar-refractivity contribution in [2.75, 3.05) is 10.6 Å². The molecule has 0 unspecified atom stereocenters. The first kappa shape index (κ1) is 20.0. The van der Waals surface area contributed by atoms with Gasteiger partial charge >= 0.3 is 5.69 Å². The number of pyridine rings is 1. The number of amides is 1. The van der Waals surface area contributed by atoms with Gasteiger partial charge in [-0.15, -0.1) is 0 Å². The molecule has 1 heterocycles. The lowest BCUT2D eigenvalue weighted by molar-refractivity contribution is -0.384. The number of nitrogens with one attached hydrogen (secondary N) is 2. The third kappa shape index (κ3) is 4.18. The molecule has 0 aliphatic rings. The predicted molar refractivity (Wildman–Crippen MR) is 117 cm³/mol. The molecule has 2 N–H and O–H groups in total. The van der Waals surface area contributed by atoms with Gasteiger partial charge in [-0.2, -0.15) is 0 Å². The highest BCUT2D eigenvalue weighted by Crippen LogP contribution is 2.35. The summed E-state index contributed by atoms with van der Waals surface area (Å²) < 4.78 is 14.5. The van der Waals surface area contributed by atoms with Gasteiger partial charge in [0.1, 0.15) is 16.9 Å². The number of para-hydroxylation sites is 2. The molecule has 0 fully saturated rings. The number of anilines is 2. The van der Waals surface area contributed by atoms with Crippen LogP contribution in [0.15, 0.2) is 78.9 Å². The molecule has 4 rings (SSSR count). The molecule has 4 aromatic rings. The fourth-order valence-corrected chi connectivity index (χ4v) is 3.27. The van der Waals surface area contributed by atoms with Gasteiger partial charge in [0.25, 0.3) is 5.91 Å². The maximum Gasteiger partial charge on any atom is 0.324 e. The smallest absolute Gasteiger partial charge is 0.324 e. The number of carbonyl (C=O) groups excluding carboxylic acids is 1. The van der Waals surface area contributed by atoms with Gasteiger partial charge in [0.2, 0.25) is 5.82 Å². The quantitative estimate of drug-likeness (QED) is 0.335. The SMILES string of the molecule is O=C(Nc1ccccc1)c1c([N+](=O)[O-])c(NCc2ccccc2)nc2c(F)cccc12. The van der Waals surface area contributed by atoms with E-state index in [0.717, 1.165) is 5.56 Å². The number of nitro groups is 1. The second-order valence-corrected chi connectivity index (χ2v) is 6.74. The van der Waals surface area contributed by atoms with E-state index in [1.807, 2.05) is 30.3 Å². The van der Waals surface area contributed by atoms with Crippen LogP contribution < -0.4 is 10.6 Å². The van der Waals surface area contributed by atoms with E-state index in [0.29, 0.717) is 5.69 Å². The van der Waals surface area contributed by atoms with Crippen molar-refractivity contribution in [3.63, 3.8) is 0 Å². The van der Waals surface area contributed by atoms with Gasteiger partial charge in [0, 0.05) is 17.6 Å². The first-order chi connectivity index (χ1) is 15.0. The minimum atomic E-state index is -0.723. The molecule has 0 aliphatic carbocycles. The third-order valence-corrected chi connectivity index (χ3v) is 4.68. The summed E-state index contributed by atoms with van der Waals surface area (Å²) >= 11 is 0. The molecule has 0 aliphatic heterocycles. The maximum atomic E-state index is 14.5. The van der Waals surface area contributed by atoms with Crippen LogP contribution in [0.4, 0.5) is 21.6 Å². The largest absolute Gasteiger partial charge is 0.360 e. The van der Waals surface area contributed by atoms with Crippen molar-refractivity contribution in [2.24, 2.45) is 0 Å². The number of benzene rings is 3. The van der Waals surface area contributed by atoms with E-state index < -0.39 is 22.3 Å². The van der Waals surface area contributed by atoms with E-state index in [1.165, 1.54) is 18.2 Å². The fraction of sp³-hybridized carbons (Fsp3) is 0.0435. The summed E-state index contributed by atoms with van der Waals surface area (Å²) in [5.41, 5.74) is 0.419. The number of aromatic nitrogens is 1. The monoisotopic (exact) mass is 416 g/mol. The van der Waals surface area contributed by atoms with E-state index in [-0.39, 0.29) is 28.8 Å². The van der Waals surface area contributed by atoms with Crippen molar-refractivity contribution >= 4 is 34.0 Å². The molecule has 1 amide bonds. The zero-order chi connectivity index (χ0) is 21.8. The highest BCUT2D eigenvalue weighted by Gasteiger charge is 2.30. The predicted octanol–water partition coefficient (Wildman–Crippen LogP) is 5.15. The van der Waals surface area contributed by atoms with Crippen LogP contribution in [-0.2, 0) is 6.54 Å². The van der Waals surface area contributed by atoms with Crippen LogP contribution in [-0.4, -0.2) is 15.8 Å². The van der Waals surface area contributed by atoms with Crippen molar-refractivity contribution in [1.29, 1.82) is 0 Å². The van der Waals surface area contributed by atoms with Crippen LogP contribution in [0.25, 0.3) is 10.9 Å². The van der Waals surface area contributed by atoms with Crippen LogP contribution >= 0.6 is 0 Å². The van der Waals surface area contributed by atoms with Gasteiger partial charge in [-0.3, -0.25) is 14.9 Å². The van der Waals surface area contributed by atoms with Crippen molar-refractivity contribution in [3.05, 3.63) is 106 Å². The Bertz CT molecular complexity index is 1260. The number of halogens is 1. The van der Waals surface area contributed by atoms with E-state index in [2.05, 4.69) is 15.6 Å². The average molecular weight is 416 g/mol. The normalized spacial score (nSPS) is 10.6. The van der Waals surface area contributed by atoms with Gasteiger partial charge < -0.3 is 10.6 Å². The second-order valence-electron chi connectivity index (χ2n) is 6.74. The number of nitrogens with zero attached hydrogens (tertiary/aromatic N) is 2. The third-order valence-electron chi connectivity index (χ3n) is 4.68. The lowest BCUT2D eigenvalue weighted by Gasteiger charge is -2.13. The topological polar surface area (TPSA) is 97.2 Å².